The molecule has 1 heterocycles. The van der Waals surface area contributed by atoms with Crippen LogP contribution in [0.4, 0.5) is 14.5 Å². The number of carbonyl (C=O) groups is 3. The molecular weight excluding hydrogens is 480 g/mol. The largest absolute Gasteiger partial charge is 0.491 e. The smallest absolute Gasteiger partial charge is 0.259 e. The van der Waals surface area contributed by atoms with Crippen molar-refractivity contribution in [1.82, 2.24) is 9.80 Å². The second kappa shape index (κ2) is 12.3. The second-order valence-corrected chi connectivity index (χ2v) is 8.49. The fourth-order valence-corrected chi connectivity index (χ4v) is 4.27. The Morgan fingerprint density at radius 2 is 1.68 bits per heavy atom. The van der Waals surface area contributed by atoms with Crippen molar-refractivity contribution in [2.45, 2.75) is 27.2 Å². The summed E-state index contributed by atoms with van der Waals surface area (Å²) in [5, 5.41) is 2.55. The second-order valence-electron chi connectivity index (χ2n) is 8.49. The Kier molecular flexibility index (Phi) is 9.16. The number of nitrogens with zero attached hydrogens (tertiary/aromatic N) is 2. The number of nitrogens with one attached hydrogen (secondary N) is 1. The van der Waals surface area contributed by atoms with Crippen molar-refractivity contribution < 1.29 is 27.9 Å². The zero-order valence-electron chi connectivity index (χ0n) is 21.4. The molecule has 0 radical (unpaired) electrons. The first-order valence-corrected chi connectivity index (χ1v) is 12.1. The van der Waals surface area contributed by atoms with Gasteiger partial charge in [-0.2, -0.15) is 0 Å². The molecule has 9 heteroatoms. The Morgan fingerprint density at radius 1 is 1.05 bits per heavy atom. The molecule has 37 heavy (non-hydrogen) atoms. The molecule has 1 aliphatic heterocycles. The maximum absolute atomic E-state index is 15.4. The van der Waals surface area contributed by atoms with E-state index >= 15 is 4.39 Å². The van der Waals surface area contributed by atoms with Crippen LogP contribution in [0.5, 0.6) is 5.75 Å². The van der Waals surface area contributed by atoms with Crippen LogP contribution >= 0.6 is 0 Å². The highest BCUT2D eigenvalue weighted by Gasteiger charge is 2.31. The number of piperazine rings is 1. The number of carbonyl (C=O) groups excluding carboxylic acids is 3. The molecule has 1 aliphatic rings. The van der Waals surface area contributed by atoms with Gasteiger partial charge in [-0.25, -0.2) is 8.78 Å². The van der Waals surface area contributed by atoms with Gasteiger partial charge in [0.25, 0.3) is 11.8 Å². The Balaban J connectivity index is 2.02. The normalized spacial score (nSPS) is 14.2. The van der Waals surface area contributed by atoms with E-state index in [4.69, 9.17) is 4.74 Å². The molecule has 3 rings (SSSR count). The fourth-order valence-electron chi connectivity index (χ4n) is 4.27. The molecule has 1 fully saturated rings. The van der Waals surface area contributed by atoms with E-state index in [1.807, 2.05) is 32.1 Å². The van der Waals surface area contributed by atoms with Crippen molar-refractivity contribution in [3.63, 3.8) is 0 Å². The first-order valence-electron chi connectivity index (χ1n) is 12.1. The molecule has 3 amide bonds. The number of hydrogen-bond donors (Lipinski definition) is 1. The molecule has 0 spiro atoms. The van der Waals surface area contributed by atoms with Gasteiger partial charge in [0.15, 0.2) is 17.4 Å². The van der Waals surface area contributed by atoms with E-state index in [0.717, 1.165) is 25.2 Å². The molecule has 1 saturated heterocycles. The molecular formula is C28H31F2N3O4. The predicted molar refractivity (Wildman–Crippen MR) is 139 cm³/mol. The van der Waals surface area contributed by atoms with E-state index in [1.165, 1.54) is 11.8 Å². The Labute approximate surface area is 215 Å². The number of amides is 3. The summed E-state index contributed by atoms with van der Waals surface area (Å²) >= 11 is 0. The molecule has 0 unspecified atom stereocenters. The molecule has 0 saturated carbocycles. The van der Waals surface area contributed by atoms with E-state index < -0.39 is 34.8 Å². The summed E-state index contributed by atoms with van der Waals surface area (Å²) < 4.78 is 35.0. The maximum Gasteiger partial charge on any atom is 0.259 e. The van der Waals surface area contributed by atoms with Crippen molar-refractivity contribution in [1.29, 1.82) is 0 Å². The number of halogens is 2. The number of ether oxygens (including phenoxy) is 1. The zero-order chi connectivity index (χ0) is 27.1. The first kappa shape index (κ1) is 27.6. The minimum absolute atomic E-state index is 0.122. The van der Waals surface area contributed by atoms with Crippen molar-refractivity contribution in [3.8, 4) is 5.75 Å². The van der Waals surface area contributed by atoms with Crippen LogP contribution in [-0.2, 0) is 4.79 Å². The van der Waals surface area contributed by atoms with Gasteiger partial charge in [-0.15, -0.1) is 0 Å². The highest BCUT2D eigenvalue weighted by Crippen LogP contribution is 2.33. The summed E-state index contributed by atoms with van der Waals surface area (Å²) in [7, 11) is 1.10. The lowest BCUT2D eigenvalue weighted by Crippen LogP contribution is -2.50. The number of anilines is 1. The molecule has 0 bridgehead atoms. The molecule has 7 nitrogen and oxygen atoms in total. The molecule has 2 aromatic carbocycles. The maximum atomic E-state index is 15.4. The van der Waals surface area contributed by atoms with Crippen molar-refractivity contribution in [3.05, 3.63) is 76.9 Å². The van der Waals surface area contributed by atoms with Gasteiger partial charge in [0.2, 0.25) is 5.91 Å². The van der Waals surface area contributed by atoms with Gasteiger partial charge in [0.05, 0.1) is 12.8 Å². The number of allylic oxidation sites excluding steroid dienone is 4. The summed E-state index contributed by atoms with van der Waals surface area (Å²) in [6.45, 7) is 6.18. The molecule has 0 atom stereocenters. The third-order valence-corrected chi connectivity index (χ3v) is 6.11. The van der Waals surface area contributed by atoms with Gasteiger partial charge in [-0.1, -0.05) is 43.4 Å². The Hall–Kier alpha value is -4.01. The Bertz CT molecular complexity index is 1250. The van der Waals surface area contributed by atoms with Crippen LogP contribution in [0.1, 0.15) is 53.5 Å². The van der Waals surface area contributed by atoms with Crippen molar-refractivity contribution in [2.75, 3.05) is 38.6 Å². The number of hydrogen-bond acceptors (Lipinski definition) is 4. The van der Waals surface area contributed by atoms with E-state index in [1.54, 1.807) is 29.2 Å². The van der Waals surface area contributed by atoms with Gasteiger partial charge >= 0.3 is 0 Å². The van der Waals surface area contributed by atoms with Crippen LogP contribution in [0, 0.1) is 11.6 Å². The third kappa shape index (κ3) is 6.04. The van der Waals surface area contributed by atoms with Crippen molar-refractivity contribution >= 4 is 29.0 Å². The lowest BCUT2D eigenvalue weighted by molar-refractivity contribution is -0.130. The summed E-state index contributed by atoms with van der Waals surface area (Å²) in [5.74, 6) is -4.45. The van der Waals surface area contributed by atoms with Crippen LogP contribution in [0.3, 0.4) is 0 Å². The molecule has 1 N–H and O–H groups in total. The number of methoxy groups -OCH3 is 1. The van der Waals surface area contributed by atoms with E-state index in [9.17, 15) is 18.8 Å². The molecule has 0 aliphatic carbocycles. The highest BCUT2D eigenvalue weighted by atomic mass is 19.1. The van der Waals surface area contributed by atoms with Gasteiger partial charge in [0, 0.05) is 44.7 Å². The summed E-state index contributed by atoms with van der Waals surface area (Å²) in [6, 6.07) is 7.76. The number of benzene rings is 2. The molecule has 0 aromatic heterocycles. The van der Waals surface area contributed by atoms with Gasteiger partial charge in [-0.3, -0.25) is 14.4 Å². The van der Waals surface area contributed by atoms with Gasteiger partial charge < -0.3 is 19.9 Å². The topological polar surface area (TPSA) is 79.0 Å². The standard InChI is InChI=1S/C28H31F2N3O4/c1-5-9-19(10-6-2)20-11-7-8-12-21(20)27(35)31-23-17-22(29)26(37-4)25(30)24(23)28(36)33-15-13-32(14-16-33)18(3)34/h5,7-12,17H,6,13-16H2,1-4H3,(H,31,35)/b9-5-,19-10+. The Morgan fingerprint density at radius 3 is 2.24 bits per heavy atom. The van der Waals surface area contributed by atoms with Gasteiger partial charge in [-0.05, 0) is 30.5 Å². The average Bonchev–Trinajstić information content (AvgIpc) is 2.88. The molecule has 2 aromatic rings. The monoisotopic (exact) mass is 511 g/mol. The predicted octanol–water partition coefficient (Wildman–Crippen LogP) is 4.90. The van der Waals surface area contributed by atoms with E-state index in [0.29, 0.717) is 5.56 Å². The molecule has 196 valence electrons. The van der Waals surface area contributed by atoms with Crippen LogP contribution in [0.2, 0.25) is 0 Å². The summed E-state index contributed by atoms with van der Waals surface area (Å²) in [4.78, 5) is 41.4. The zero-order valence-corrected chi connectivity index (χ0v) is 21.4. The SMILES string of the molecule is C/C=C\C(=C/CC)c1ccccc1C(=O)Nc1cc(F)c(OC)c(F)c1C(=O)N1CCN(C(C)=O)CC1. The van der Waals surface area contributed by atoms with E-state index in [2.05, 4.69) is 5.32 Å². The third-order valence-electron chi connectivity index (χ3n) is 6.11. The number of rotatable bonds is 7. The van der Waals surface area contributed by atoms with Crippen LogP contribution in [0.25, 0.3) is 5.57 Å². The van der Waals surface area contributed by atoms with Crippen molar-refractivity contribution in [2.24, 2.45) is 0 Å². The summed E-state index contributed by atoms with van der Waals surface area (Å²) in [5.41, 5.74) is 0.940. The minimum Gasteiger partial charge on any atom is -0.491 e. The summed E-state index contributed by atoms with van der Waals surface area (Å²) in [6.07, 6.45) is 6.43. The van der Waals surface area contributed by atoms with E-state index in [-0.39, 0.29) is 43.3 Å². The lowest BCUT2D eigenvalue weighted by Gasteiger charge is -2.34. The average molecular weight is 512 g/mol. The van der Waals surface area contributed by atoms with Crippen LogP contribution in [-0.4, -0.2) is 60.8 Å². The highest BCUT2D eigenvalue weighted by molar-refractivity contribution is 6.11. The van der Waals surface area contributed by atoms with Crippen LogP contribution < -0.4 is 10.1 Å². The quantitative estimate of drug-likeness (QED) is 0.537. The minimum atomic E-state index is -1.20. The first-order chi connectivity index (χ1) is 17.7. The van der Waals surface area contributed by atoms with Gasteiger partial charge in [0.1, 0.15) is 5.56 Å². The van der Waals surface area contributed by atoms with Crippen LogP contribution in [0.15, 0.2) is 48.6 Å². The lowest BCUT2D eigenvalue weighted by atomic mass is 9.97. The fraction of sp³-hybridized carbons (Fsp3) is 0.321.